The Hall–Kier alpha value is -3.39. The summed E-state index contributed by atoms with van der Waals surface area (Å²) in [5, 5.41) is 20.0. The number of hydrogen-bond donors (Lipinski definition) is 0. The summed E-state index contributed by atoms with van der Waals surface area (Å²) in [5.74, 6) is 0.718. The summed E-state index contributed by atoms with van der Waals surface area (Å²) in [6.45, 7) is 4.01. The van der Waals surface area contributed by atoms with Gasteiger partial charge in [0.1, 0.15) is 12.4 Å². The van der Waals surface area contributed by atoms with E-state index in [0.717, 1.165) is 11.3 Å². The largest absolute Gasteiger partial charge is 0.490 e. The first-order valence-electron chi connectivity index (χ1n) is 6.84. The van der Waals surface area contributed by atoms with Crippen molar-refractivity contribution in [1.29, 1.82) is 5.26 Å². The highest BCUT2D eigenvalue weighted by molar-refractivity contribution is 5.89. The van der Waals surface area contributed by atoms with E-state index in [4.69, 9.17) is 4.74 Å². The fraction of sp³-hybridized carbons (Fsp3) is 0.0556. The third kappa shape index (κ3) is 4.29. The number of non-ortho nitro benzene ring substituents is 1. The molecule has 2 aromatic carbocycles. The molecule has 5 nitrogen and oxygen atoms in total. The van der Waals surface area contributed by atoms with Gasteiger partial charge in [0.2, 0.25) is 0 Å². The van der Waals surface area contributed by atoms with Gasteiger partial charge in [-0.2, -0.15) is 5.26 Å². The maximum absolute atomic E-state index is 10.7. The Morgan fingerprint density at radius 3 is 2.39 bits per heavy atom. The molecule has 0 saturated carbocycles. The molecule has 2 aromatic rings. The summed E-state index contributed by atoms with van der Waals surface area (Å²) in [5.41, 5.74) is 1.89. The van der Waals surface area contributed by atoms with Gasteiger partial charge < -0.3 is 4.74 Å². The van der Waals surface area contributed by atoms with Crippen LogP contribution >= 0.6 is 0 Å². The number of rotatable bonds is 6. The number of nitro benzene ring substituents is 1. The van der Waals surface area contributed by atoms with E-state index in [2.05, 4.69) is 12.6 Å². The molecule has 0 unspecified atom stereocenters. The number of nitro groups is 1. The maximum Gasteiger partial charge on any atom is 0.269 e. The lowest BCUT2D eigenvalue weighted by atomic mass is 10.0. The van der Waals surface area contributed by atoms with Crippen LogP contribution in [0.1, 0.15) is 11.1 Å². The quantitative estimate of drug-likeness (QED) is 0.263. The van der Waals surface area contributed by atoms with Crippen LogP contribution in [0.15, 0.2) is 61.2 Å². The summed E-state index contributed by atoms with van der Waals surface area (Å²) >= 11 is 0. The molecule has 114 valence electrons. The average molecular weight is 306 g/mol. The lowest BCUT2D eigenvalue weighted by Crippen LogP contribution is -1.92. The smallest absolute Gasteiger partial charge is 0.269 e. The van der Waals surface area contributed by atoms with Crippen LogP contribution in [0.25, 0.3) is 11.6 Å². The molecule has 0 bridgehead atoms. The Labute approximate surface area is 133 Å². The molecule has 2 rings (SSSR count). The summed E-state index contributed by atoms with van der Waals surface area (Å²) in [4.78, 5) is 10.2. The molecule has 5 heteroatoms. The molecule has 0 N–H and O–H groups in total. The molecule has 0 spiro atoms. The van der Waals surface area contributed by atoms with E-state index in [-0.39, 0.29) is 5.69 Å². The Kier molecular flexibility index (Phi) is 5.26. The summed E-state index contributed by atoms with van der Waals surface area (Å²) in [7, 11) is 0. The second kappa shape index (κ2) is 7.57. The minimum Gasteiger partial charge on any atom is -0.490 e. The lowest BCUT2D eigenvalue weighted by Gasteiger charge is -2.04. The molecule has 0 saturated heterocycles. The highest BCUT2D eigenvalue weighted by atomic mass is 16.6. The van der Waals surface area contributed by atoms with Crippen molar-refractivity contribution in [2.24, 2.45) is 0 Å². The summed E-state index contributed by atoms with van der Waals surface area (Å²) in [6.07, 6.45) is 3.38. The zero-order valence-electron chi connectivity index (χ0n) is 12.3. The van der Waals surface area contributed by atoms with Crippen LogP contribution in [-0.4, -0.2) is 11.5 Å². The van der Waals surface area contributed by atoms with Gasteiger partial charge in [-0.15, -0.1) is 0 Å². The predicted molar refractivity (Wildman–Crippen MR) is 88.7 cm³/mol. The van der Waals surface area contributed by atoms with E-state index < -0.39 is 4.92 Å². The standard InChI is InChI=1S/C18H14N2O3/c1-2-11-23-18-9-3-14(4-10-18)12-16(13-19)15-5-7-17(8-6-15)20(21)22/h2-10,12H,1,11H2. The van der Waals surface area contributed by atoms with E-state index in [1.54, 1.807) is 36.4 Å². The number of benzene rings is 2. The minimum absolute atomic E-state index is 0.00485. The van der Waals surface area contributed by atoms with Gasteiger partial charge in [-0.3, -0.25) is 10.1 Å². The molecule has 0 amide bonds. The van der Waals surface area contributed by atoms with Crippen LogP contribution in [-0.2, 0) is 0 Å². The first-order chi connectivity index (χ1) is 11.1. The van der Waals surface area contributed by atoms with Gasteiger partial charge >= 0.3 is 0 Å². The number of nitrogens with zero attached hydrogens (tertiary/aromatic N) is 2. The summed E-state index contributed by atoms with van der Waals surface area (Å²) in [6, 6.07) is 15.3. The van der Waals surface area contributed by atoms with Crippen molar-refractivity contribution in [2.45, 2.75) is 0 Å². The molecule has 23 heavy (non-hydrogen) atoms. The van der Waals surface area contributed by atoms with Crippen molar-refractivity contribution in [3.8, 4) is 11.8 Å². The summed E-state index contributed by atoms with van der Waals surface area (Å²) < 4.78 is 5.39. The topological polar surface area (TPSA) is 76.2 Å². The maximum atomic E-state index is 10.7. The van der Waals surface area contributed by atoms with Crippen molar-refractivity contribution in [3.05, 3.63) is 82.4 Å². The normalized spacial score (nSPS) is 10.7. The van der Waals surface area contributed by atoms with Crippen molar-refractivity contribution < 1.29 is 9.66 Å². The Bertz CT molecular complexity index is 769. The van der Waals surface area contributed by atoms with E-state index >= 15 is 0 Å². The molecular weight excluding hydrogens is 292 g/mol. The van der Waals surface area contributed by atoms with E-state index in [9.17, 15) is 15.4 Å². The Balaban J connectivity index is 2.22. The second-order valence-electron chi connectivity index (χ2n) is 4.64. The fourth-order valence-electron chi connectivity index (χ4n) is 1.92. The van der Waals surface area contributed by atoms with E-state index in [0.29, 0.717) is 17.7 Å². The monoisotopic (exact) mass is 306 g/mol. The molecule has 0 aromatic heterocycles. The zero-order chi connectivity index (χ0) is 16.7. The van der Waals surface area contributed by atoms with E-state index in [1.807, 2.05) is 12.1 Å². The Morgan fingerprint density at radius 2 is 1.87 bits per heavy atom. The SMILES string of the molecule is C=CCOc1ccc(C=C(C#N)c2ccc([N+](=O)[O-])cc2)cc1. The van der Waals surface area contributed by atoms with Crippen molar-refractivity contribution >= 4 is 17.3 Å². The Morgan fingerprint density at radius 1 is 1.22 bits per heavy atom. The third-order valence-electron chi connectivity index (χ3n) is 3.07. The van der Waals surface area contributed by atoms with Crippen LogP contribution < -0.4 is 4.74 Å². The van der Waals surface area contributed by atoms with Crippen molar-refractivity contribution in [2.75, 3.05) is 6.61 Å². The first-order valence-corrected chi connectivity index (χ1v) is 6.84. The lowest BCUT2D eigenvalue weighted by molar-refractivity contribution is -0.384. The van der Waals surface area contributed by atoms with Gasteiger partial charge in [-0.05, 0) is 41.5 Å². The number of hydrogen-bond acceptors (Lipinski definition) is 4. The second-order valence-corrected chi connectivity index (χ2v) is 4.64. The van der Waals surface area contributed by atoms with Crippen LogP contribution in [0.3, 0.4) is 0 Å². The molecule has 0 heterocycles. The van der Waals surface area contributed by atoms with Crippen LogP contribution in [0.5, 0.6) is 5.75 Å². The highest BCUT2D eigenvalue weighted by Gasteiger charge is 2.07. The predicted octanol–water partition coefficient (Wildman–Crippen LogP) is 4.22. The molecule has 0 aliphatic heterocycles. The average Bonchev–Trinajstić information content (AvgIpc) is 2.59. The highest BCUT2D eigenvalue weighted by Crippen LogP contribution is 2.22. The fourth-order valence-corrected chi connectivity index (χ4v) is 1.92. The van der Waals surface area contributed by atoms with Crippen LogP contribution in [0.2, 0.25) is 0 Å². The molecule has 0 radical (unpaired) electrons. The zero-order valence-corrected chi connectivity index (χ0v) is 12.3. The minimum atomic E-state index is -0.471. The molecule has 0 aliphatic carbocycles. The van der Waals surface area contributed by atoms with Gasteiger partial charge in [0.15, 0.2) is 0 Å². The van der Waals surface area contributed by atoms with Gasteiger partial charge in [0.25, 0.3) is 5.69 Å². The van der Waals surface area contributed by atoms with Gasteiger partial charge in [0, 0.05) is 12.1 Å². The van der Waals surface area contributed by atoms with Gasteiger partial charge in [-0.1, -0.05) is 24.8 Å². The van der Waals surface area contributed by atoms with Gasteiger partial charge in [-0.25, -0.2) is 0 Å². The molecule has 0 aliphatic rings. The molecule has 0 fully saturated rings. The number of ether oxygens (including phenoxy) is 1. The van der Waals surface area contributed by atoms with Crippen LogP contribution in [0, 0.1) is 21.4 Å². The van der Waals surface area contributed by atoms with Crippen molar-refractivity contribution in [3.63, 3.8) is 0 Å². The third-order valence-corrected chi connectivity index (χ3v) is 3.07. The van der Waals surface area contributed by atoms with Crippen molar-refractivity contribution in [1.82, 2.24) is 0 Å². The van der Waals surface area contributed by atoms with E-state index in [1.165, 1.54) is 12.1 Å². The van der Waals surface area contributed by atoms with Crippen LogP contribution in [0.4, 0.5) is 5.69 Å². The number of nitriles is 1. The van der Waals surface area contributed by atoms with Gasteiger partial charge in [0.05, 0.1) is 16.6 Å². The molecular formula is C18H14N2O3. The number of allylic oxidation sites excluding steroid dienone is 1. The first kappa shape index (κ1) is 16.0. The molecule has 0 atom stereocenters.